The number of nitrogens with one attached hydrogen (secondary N) is 1. The van der Waals surface area contributed by atoms with Gasteiger partial charge in [-0.25, -0.2) is 4.98 Å². The highest BCUT2D eigenvalue weighted by Crippen LogP contribution is 2.27. The normalized spacial score (nSPS) is 17.8. The molecule has 1 unspecified atom stereocenters. The fraction of sp³-hybridized carbons (Fsp3) is 0.312. The van der Waals surface area contributed by atoms with Crippen molar-refractivity contribution in [2.75, 3.05) is 16.8 Å². The Hall–Kier alpha value is -2.21. The van der Waals surface area contributed by atoms with Gasteiger partial charge in [-0.2, -0.15) is 0 Å². The summed E-state index contributed by atoms with van der Waals surface area (Å²) in [5, 5.41) is 5.15. The van der Waals surface area contributed by atoms with Gasteiger partial charge in [0.15, 0.2) is 5.13 Å². The van der Waals surface area contributed by atoms with Crippen LogP contribution in [0.15, 0.2) is 35.8 Å². The molecule has 1 saturated heterocycles. The third-order valence-electron chi connectivity index (χ3n) is 3.79. The lowest BCUT2D eigenvalue weighted by Gasteiger charge is -2.17. The molecule has 0 radical (unpaired) electrons. The Balaban J connectivity index is 1.71. The monoisotopic (exact) mass is 315 g/mol. The number of carbonyl (C=O) groups excluding carboxylic acids is 2. The maximum atomic E-state index is 12.2. The zero-order valence-electron chi connectivity index (χ0n) is 12.3. The van der Waals surface area contributed by atoms with Crippen LogP contribution >= 0.6 is 11.3 Å². The summed E-state index contributed by atoms with van der Waals surface area (Å²) in [6.07, 6.45) is 2.81. The standard InChI is InChI=1S/C16H17N3O2S/c1-2-11-4-3-5-13(8-11)19-10-12(9-14(19)20)15(21)18-16-17-6-7-22-16/h3-8,12H,2,9-10H2,1H3,(H,17,18,21). The van der Waals surface area contributed by atoms with Crippen LogP contribution in [0.3, 0.4) is 0 Å². The van der Waals surface area contributed by atoms with E-state index in [4.69, 9.17) is 0 Å². The first kappa shape index (κ1) is 14.7. The first-order chi connectivity index (χ1) is 10.7. The molecule has 1 fully saturated rings. The maximum Gasteiger partial charge on any atom is 0.231 e. The summed E-state index contributed by atoms with van der Waals surface area (Å²) >= 11 is 1.37. The van der Waals surface area contributed by atoms with Gasteiger partial charge in [0, 0.05) is 30.2 Å². The smallest absolute Gasteiger partial charge is 0.231 e. The second-order valence-corrected chi connectivity index (χ2v) is 6.15. The molecule has 1 atom stereocenters. The molecule has 22 heavy (non-hydrogen) atoms. The van der Waals surface area contributed by atoms with Crippen LogP contribution in [0.25, 0.3) is 0 Å². The van der Waals surface area contributed by atoms with Gasteiger partial charge < -0.3 is 10.2 Å². The maximum absolute atomic E-state index is 12.2. The quantitative estimate of drug-likeness (QED) is 0.943. The fourth-order valence-electron chi connectivity index (χ4n) is 2.57. The highest BCUT2D eigenvalue weighted by molar-refractivity contribution is 7.13. The minimum absolute atomic E-state index is 0.00691. The van der Waals surface area contributed by atoms with E-state index in [2.05, 4.69) is 17.2 Å². The predicted molar refractivity (Wildman–Crippen MR) is 87.0 cm³/mol. The molecule has 5 nitrogen and oxygen atoms in total. The summed E-state index contributed by atoms with van der Waals surface area (Å²) in [4.78, 5) is 30.2. The summed E-state index contributed by atoms with van der Waals surface area (Å²) in [7, 11) is 0. The van der Waals surface area contributed by atoms with Crippen LogP contribution in [0, 0.1) is 5.92 Å². The van der Waals surface area contributed by atoms with Crippen molar-refractivity contribution < 1.29 is 9.59 Å². The third kappa shape index (κ3) is 3.01. The molecule has 2 heterocycles. The van der Waals surface area contributed by atoms with Gasteiger partial charge in [0.1, 0.15) is 0 Å². The average molecular weight is 315 g/mol. The number of carbonyl (C=O) groups is 2. The Kier molecular flexibility index (Phi) is 4.20. The molecule has 2 aromatic rings. The number of rotatable bonds is 4. The molecule has 0 aliphatic carbocycles. The second-order valence-electron chi connectivity index (χ2n) is 5.26. The Morgan fingerprint density at radius 2 is 2.36 bits per heavy atom. The van der Waals surface area contributed by atoms with E-state index in [0.29, 0.717) is 11.7 Å². The van der Waals surface area contributed by atoms with E-state index in [9.17, 15) is 9.59 Å². The molecule has 0 bridgehead atoms. The molecule has 0 saturated carbocycles. The lowest BCUT2D eigenvalue weighted by molar-refractivity contribution is -0.122. The van der Waals surface area contributed by atoms with Gasteiger partial charge in [-0.1, -0.05) is 19.1 Å². The SMILES string of the molecule is CCc1cccc(N2CC(C(=O)Nc3nccs3)CC2=O)c1. The number of benzene rings is 1. The number of aromatic nitrogens is 1. The van der Waals surface area contributed by atoms with Crippen molar-refractivity contribution >= 4 is 34.0 Å². The molecule has 1 aromatic heterocycles. The summed E-state index contributed by atoms with van der Waals surface area (Å²) < 4.78 is 0. The molecular weight excluding hydrogens is 298 g/mol. The van der Waals surface area contributed by atoms with Crippen LogP contribution < -0.4 is 10.2 Å². The topological polar surface area (TPSA) is 62.3 Å². The largest absolute Gasteiger partial charge is 0.312 e. The summed E-state index contributed by atoms with van der Waals surface area (Å²) in [6.45, 7) is 2.50. The van der Waals surface area contributed by atoms with E-state index < -0.39 is 0 Å². The summed E-state index contributed by atoms with van der Waals surface area (Å²) in [5.74, 6) is -0.480. The van der Waals surface area contributed by atoms with Gasteiger partial charge in [-0.05, 0) is 24.1 Å². The van der Waals surface area contributed by atoms with Gasteiger partial charge in [0.2, 0.25) is 11.8 Å². The van der Waals surface area contributed by atoms with Crippen molar-refractivity contribution in [1.82, 2.24) is 4.98 Å². The number of nitrogens with zero attached hydrogens (tertiary/aromatic N) is 2. The lowest BCUT2D eigenvalue weighted by atomic mass is 10.1. The van der Waals surface area contributed by atoms with Gasteiger partial charge >= 0.3 is 0 Å². The molecule has 1 aromatic carbocycles. The number of aryl methyl sites for hydroxylation is 1. The number of thiazole rings is 1. The van der Waals surface area contributed by atoms with Crippen molar-refractivity contribution in [3.63, 3.8) is 0 Å². The Morgan fingerprint density at radius 1 is 1.50 bits per heavy atom. The van der Waals surface area contributed by atoms with Gasteiger partial charge in [0.25, 0.3) is 0 Å². The molecule has 2 amide bonds. The minimum atomic E-state index is -0.332. The van der Waals surface area contributed by atoms with Crippen LogP contribution in [0.1, 0.15) is 18.9 Å². The Bertz CT molecular complexity index is 684. The van der Waals surface area contributed by atoms with E-state index in [1.54, 1.807) is 16.5 Å². The van der Waals surface area contributed by atoms with Gasteiger partial charge in [-0.3, -0.25) is 9.59 Å². The summed E-state index contributed by atoms with van der Waals surface area (Å²) in [6, 6.07) is 7.91. The Labute approximate surface area is 133 Å². The first-order valence-corrected chi connectivity index (χ1v) is 8.15. The molecule has 0 spiro atoms. The zero-order valence-corrected chi connectivity index (χ0v) is 13.1. The van der Waals surface area contributed by atoms with Crippen LogP contribution in [-0.4, -0.2) is 23.3 Å². The van der Waals surface area contributed by atoms with Crippen molar-refractivity contribution in [1.29, 1.82) is 0 Å². The predicted octanol–water partition coefficient (Wildman–Crippen LogP) is 2.70. The lowest BCUT2D eigenvalue weighted by Crippen LogP contribution is -2.28. The molecular formula is C16H17N3O2S. The van der Waals surface area contributed by atoms with Crippen LogP contribution in [0.4, 0.5) is 10.8 Å². The number of anilines is 2. The van der Waals surface area contributed by atoms with Crippen LogP contribution in [-0.2, 0) is 16.0 Å². The van der Waals surface area contributed by atoms with E-state index in [1.807, 2.05) is 24.3 Å². The molecule has 3 rings (SSSR count). The van der Waals surface area contributed by atoms with E-state index in [1.165, 1.54) is 16.9 Å². The second kappa shape index (κ2) is 6.27. The zero-order chi connectivity index (χ0) is 15.5. The van der Waals surface area contributed by atoms with Gasteiger partial charge in [-0.15, -0.1) is 11.3 Å². The van der Waals surface area contributed by atoms with Crippen LogP contribution in [0.2, 0.25) is 0 Å². The molecule has 6 heteroatoms. The first-order valence-electron chi connectivity index (χ1n) is 7.27. The van der Waals surface area contributed by atoms with E-state index in [-0.39, 0.29) is 24.2 Å². The number of amides is 2. The van der Waals surface area contributed by atoms with E-state index in [0.717, 1.165) is 12.1 Å². The average Bonchev–Trinajstić information content (AvgIpc) is 3.17. The van der Waals surface area contributed by atoms with Gasteiger partial charge in [0.05, 0.1) is 5.92 Å². The molecule has 1 aliphatic heterocycles. The van der Waals surface area contributed by atoms with Crippen molar-refractivity contribution in [2.45, 2.75) is 19.8 Å². The number of hydrogen-bond donors (Lipinski definition) is 1. The van der Waals surface area contributed by atoms with E-state index >= 15 is 0 Å². The molecule has 1 N–H and O–H groups in total. The van der Waals surface area contributed by atoms with Crippen molar-refractivity contribution in [2.24, 2.45) is 5.92 Å². The number of hydrogen-bond acceptors (Lipinski definition) is 4. The molecule has 1 aliphatic rings. The third-order valence-corrected chi connectivity index (χ3v) is 4.48. The van der Waals surface area contributed by atoms with Crippen molar-refractivity contribution in [3.05, 3.63) is 41.4 Å². The highest BCUT2D eigenvalue weighted by Gasteiger charge is 2.35. The van der Waals surface area contributed by atoms with Crippen LogP contribution in [0.5, 0.6) is 0 Å². The highest BCUT2D eigenvalue weighted by atomic mass is 32.1. The minimum Gasteiger partial charge on any atom is -0.312 e. The van der Waals surface area contributed by atoms with Crippen molar-refractivity contribution in [3.8, 4) is 0 Å². The Morgan fingerprint density at radius 3 is 3.09 bits per heavy atom. The molecule has 114 valence electrons. The summed E-state index contributed by atoms with van der Waals surface area (Å²) in [5.41, 5.74) is 2.05. The fourth-order valence-corrected chi connectivity index (χ4v) is 3.10.